The van der Waals surface area contributed by atoms with Crippen LogP contribution in [0.15, 0.2) is 11.6 Å². The van der Waals surface area contributed by atoms with Gasteiger partial charge in [-0.2, -0.15) is 0 Å². The summed E-state index contributed by atoms with van der Waals surface area (Å²) in [5.74, 6) is 2.83. The van der Waals surface area contributed by atoms with E-state index in [0.717, 1.165) is 18.5 Å². The summed E-state index contributed by atoms with van der Waals surface area (Å²) in [6.45, 7) is 9.14. The van der Waals surface area contributed by atoms with Crippen molar-refractivity contribution >= 4 is 7.92 Å². The molecular formula is C13H23P. The fourth-order valence-electron chi connectivity index (χ4n) is 1.47. The Morgan fingerprint density at radius 1 is 1.43 bits per heavy atom. The van der Waals surface area contributed by atoms with Gasteiger partial charge in [0.25, 0.3) is 0 Å². The van der Waals surface area contributed by atoms with Crippen LogP contribution in [0.2, 0.25) is 0 Å². The molecule has 0 aliphatic carbocycles. The van der Waals surface area contributed by atoms with E-state index < -0.39 is 0 Å². The highest BCUT2D eigenvalue weighted by Crippen LogP contribution is 2.38. The van der Waals surface area contributed by atoms with Crippen LogP contribution in [0.1, 0.15) is 39.5 Å². The standard InChI is InChI=1S/C13H23P/c1-6-9-10-12(7-2)11-13(8-3)14(4)5/h2,10,13H,6,8-9,11H2,1,3-5H3/b12-10+. The number of hydrogen-bond acceptors (Lipinski definition) is 0. The zero-order chi connectivity index (χ0) is 11.0. The summed E-state index contributed by atoms with van der Waals surface area (Å²) in [5.41, 5.74) is 2.03. The van der Waals surface area contributed by atoms with Crippen LogP contribution in [0.3, 0.4) is 0 Å². The summed E-state index contributed by atoms with van der Waals surface area (Å²) in [6, 6.07) is 0. The number of terminal acetylenes is 1. The van der Waals surface area contributed by atoms with Crippen molar-refractivity contribution in [3.63, 3.8) is 0 Å². The lowest BCUT2D eigenvalue weighted by molar-refractivity contribution is 0.805. The predicted molar refractivity (Wildman–Crippen MR) is 69.3 cm³/mol. The quantitative estimate of drug-likeness (QED) is 0.454. The highest BCUT2D eigenvalue weighted by atomic mass is 31.1. The first-order valence-corrected chi connectivity index (χ1v) is 7.78. The van der Waals surface area contributed by atoms with Crippen LogP contribution in [-0.2, 0) is 0 Å². The molecule has 1 heteroatoms. The van der Waals surface area contributed by atoms with E-state index in [1.807, 2.05) is 0 Å². The van der Waals surface area contributed by atoms with Gasteiger partial charge in [-0.25, -0.2) is 0 Å². The maximum atomic E-state index is 5.51. The van der Waals surface area contributed by atoms with Crippen molar-refractivity contribution in [2.24, 2.45) is 0 Å². The lowest BCUT2D eigenvalue weighted by atomic mass is 10.1. The maximum Gasteiger partial charge on any atom is -0.00160 e. The lowest BCUT2D eigenvalue weighted by Crippen LogP contribution is -2.04. The van der Waals surface area contributed by atoms with E-state index in [2.05, 4.69) is 39.2 Å². The van der Waals surface area contributed by atoms with E-state index in [-0.39, 0.29) is 7.92 Å². The van der Waals surface area contributed by atoms with Gasteiger partial charge >= 0.3 is 0 Å². The van der Waals surface area contributed by atoms with Gasteiger partial charge in [0, 0.05) is 0 Å². The third-order valence-electron chi connectivity index (χ3n) is 2.52. The van der Waals surface area contributed by atoms with Crippen LogP contribution in [0, 0.1) is 12.3 Å². The third-order valence-corrected chi connectivity index (χ3v) is 4.53. The first-order chi connectivity index (χ1) is 6.65. The van der Waals surface area contributed by atoms with Crippen molar-refractivity contribution in [1.82, 2.24) is 0 Å². The second kappa shape index (κ2) is 8.07. The van der Waals surface area contributed by atoms with Crippen molar-refractivity contribution in [3.8, 4) is 12.3 Å². The van der Waals surface area contributed by atoms with Gasteiger partial charge in [0.1, 0.15) is 0 Å². The second-order valence-corrected chi connectivity index (χ2v) is 6.55. The summed E-state index contributed by atoms with van der Waals surface area (Å²) in [5, 5.41) is 0. The summed E-state index contributed by atoms with van der Waals surface area (Å²) >= 11 is 0. The molecule has 1 atom stereocenters. The number of rotatable bonds is 6. The summed E-state index contributed by atoms with van der Waals surface area (Å²) in [7, 11) is 0.146. The monoisotopic (exact) mass is 210 g/mol. The number of unbranched alkanes of at least 4 members (excludes halogenated alkanes) is 1. The average Bonchev–Trinajstić information content (AvgIpc) is 2.18. The maximum absolute atomic E-state index is 5.51. The highest BCUT2D eigenvalue weighted by molar-refractivity contribution is 7.56. The Hall–Kier alpha value is -0.270. The molecule has 0 radical (unpaired) electrons. The Balaban J connectivity index is 4.23. The molecule has 80 valence electrons. The molecule has 0 fully saturated rings. The molecule has 0 bridgehead atoms. The largest absolute Gasteiger partial charge is 0.115 e. The molecule has 0 heterocycles. The molecule has 0 N–H and O–H groups in total. The summed E-state index contributed by atoms with van der Waals surface area (Å²) < 4.78 is 0. The van der Waals surface area contributed by atoms with E-state index in [1.54, 1.807) is 0 Å². The molecule has 0 amide bonds. The number of allylic oxidation sites excluding steroid dienone is 2. The van der Waals surface area contributed by atoms with E-state index in [4.69, 9.17) is 6.42 Å². The fourth-order valence-corrected chi connectivity index (χ4v) is 2.76. The van der Waals surface area contributed by atoms with Gasteiger partial charge in [-0.1, -0.05) is 32.3 Å². The molecule has 0 rings (SSSR count). The van der Waals surface area contributed by atoms with E-state index in [0.29, 0.717) is 0 Å². The third kappa shape index (κ3) is 5.46. The molecular weight excluding hydrogens is 187 g/mol. The first-order valence-electron chi connectivity index (χ1n) is 5.47. The van der Waals surface area contributed by atoms with Gasteiger partial charge < -0.3 is 0 Å². The number of hydrogen-bond donors (Lipinski definition) is 0. The summed E-state index contributed by atoms with van der Waals surface area (Å²) in [4.78, 5) is 0. The van der Waals surface area contributed by atoms with Crippen molar-refractivity contribution in [3.05, 3.63) is 11.6 Å². The molecule has 0 aliphatic heterocycles. The molecule has 14 heavy (non-hydrogen) atoms. The Morgan fingerprint density at radius 2 is 2.07 bits per heavy atom. The molecule has 0 saturated carbocycles. The topological polar surface area (TPSA) is 0 Å². The zero-order valence-electron chi connectivity index (χ0n) is 10.0. The second-order valence-electron chi connectivity index (χ2n) is 3.89. The molecule has 0 aromatic rings. The van der Waals surface area contributed by atoms with Crippen LogP contribution in [0.25, 0.3) is 0 Å². The van der Waals surface area contributed by atoms with Gasteiger partial charge in [-0.3, -0.25) is 0 Å². The van der Waals surface area contributed by atoms with Gasteiger partial charge in [0.05, 0.1) is 0 Å². The predicted octanol–water partition coefficient (Wildman–Crippen LogP) is 4.26. The fraction of sp³-hybridized carbons (Fsp3) is 0.692. The Kier molecular flexibility index (Phi) is 7.92. The van der Waals surface area contributed by atoms with E-state index in [9.17, 15) is 0 Å². The molecule has 0 aromatic heterocycles. The minimum Gasteiger partial charge on any atom is -0.115 e. The summed E-state index contributed by atoms with van der Waals surface area (Å²) in [6.07, 6.45) is 12.4. The van der Waals surface area contributed by atoms with Crippen molar-refractivity contribution in [1.29, 1.82) is 0 Å². The van der Waals surface area contributed by atoms with Crippen LogP contribution < -0.4 is 0 Å². The molecule has 0 aliphatic rings. The molecule has 1 unspecified atom stereocenters. The molecule has 0 aromatic carbocycles. The van der Waals surface area contributed by atoms with E-state index >= 15 is 0 Å². The highest BCUT2D eigenvalue weighted by Gasteiger charge is 2.11. The van der Waals surface area contributed by atoms with Crippen molar-refractivity contribution in [2.45, 2.75) is 45.2 Å². The van der Waals surface area contributed by atoms with Crippen LogP contribution >= 0.6 is 7.92 Å². The normalized spacial score (nSPS) is 14.1. The van der Waals surface area contributed by atoms with Crippen LogP contribution in [0.5, 0.6) is 0 Å². The van der Waals surface area contributed by atoms with Crippen molar-refractivity contribution in [2.75, 3.05) is 13.3 Å². The van der Waals surface area contributed by atoms with Crippen LogP contribution in [-0.4, -0.2) is 19.0 Å². The molecule has 0 spiro atoms. The Bertz CT molecular complexity index is 208. The Morgan fingerprint density at radius 3 is 2.43 bits per heavy atom. The SMILES string of the molecule is C#C/C(=C\CCC)CC(CC)P(C)C. The lowest BCUT2D eigenvalue weighted by Gasteiger charge is -2.19. The van der Waals surface area contributed by atoms with Crippen LogP contribution in [0.4, 0.5) is 0 Å². The first kappa shape index (κ1) is 13.7. The van der Waals surface area contributed by atoms with Gasteiger partial charge in [0.2, 0.25) is 0 Å². The van der Waals surface area contributed by atoms with Gasteiger partial charge in [0.15, 0.2) is 0 Å². The van der Waals surface area contributed by atoms with Crippen molar-refractivity contribution < 1.29 is 0 Å². The van der Waals surface area contributed by atoms with Gasteiger partial charge in [-0.15, -0.1) is 14.3 Å². The van der Waals surface area contributed by atoms with Gasteiger partial charge in [-0.05, 0) is 43.8 Å². The van der Waals surface area contributed by atoms with E-state index in [1.165, 1.54) is 18.4 Å². The minimum absolute atomic E-state index is 0.146. The molecule has 0 saturated heterocycles. The average molecular weight is 210 g/mol. The minimum atomic E-state index is 0.146. The smallest absolute Gasteiger partial charge is 0.00160 e. The zero-order valence-corrected chi connectivity index (χ0v) is 10.9. The Labute approximate surface area is 90.9 Å². The molecule has 0 nitrogen and oxygen atoms in total.